The van der Waals surface area contributed by atoms with Gasteiger partial charge in [0.1, 0.15) is 5.82 Å². The molecule has 2 nitrogen and oxygen atoms in total. The highest BCUT2D eigenvalue weighted by atomic mass is 32.2. The minimum atomic E-state index is -0.254. The third kappa shape index (κ3) is 5.22. The molecule has 1 amide bonds. The predicted molar refractivity (Wildman–Crippen MR) is 69.6 cm³/mol. The molecule has 1 aromatic rings. The van der Waals surface area contributed by atoms with E-state index in [0.717, 1.165) is 17.7 Å². The first-order valence-electron chi connectivity index (χ1n) is 5.83. The van der Waals surface area contributed by atoms with Crippen LogP contribution in [0.15, 0.2) is 29.2 Å². The van der Waals surface area contributed by atoms with Gasteiger partial charge in [0.2, 0.25) is 5.91 Å². The van der Waals surface area contributed by atoms with E-state index in [1.165, 1.54) is 23.9 Å². The molecule has 0 aliphatic rings. The summed E-state index contributed by atoms with van der Waals surface area (Å²) in [7, 11) is 0. The maximum atomic E-state index is 12.7. The molecule has 0 spiro atoms. The van der Waals surface area contributed by atoms with Gasteiger partial charge in [0.05, 0.1) is 5.75 Å². The second kappa shape index (κ2) is 7.33. The van der Waals surface area contributed by atoms with Crippen LogP contribution >= 0.6 is 11.8 Å². The first kappa shape index (κ1) is 14.0. The van der Waals surface area contributed by atoms with Crippen molar-refractivity contribution >= 4 is 17.7 Å². The largest absolute Gasteiger partial charge is 0.353 e. The standard InChI is InChI=1S/C13H18FNOS/c1-3-11(4-2)15-13(16)9-17-12-7-5-10(14)6-8-12/h5-8,11H,3-4,9H2,1-2H3,(H,15,16). The van der Waals surface area contributed by atoms with Crippen molar-refractivity contribution in [3.63, 3.8) is 0 Å². The van der Waals surface area contributed by atoms with Crippen molar-refractivity contribution in [1.82, 2.24) is 5.32 Å². The lowest BCUT2D eigenvalue weighted by Crippen LogP contribution is -2.34. The first-order chi connectivity index (χ1) is 8.15. The Morgan fingerprint density at radius 2 is 1.88 bits per heavy atom. The molecule has 0 saturated carbocycles. The number of nitrogens with one attached hydrogen (secondary N) is 1. The van der Waals surface area contributed by atoms with Gasteiger partial charge in [-0.3, -0.25) is 4.79 Å². The number of rotatable bonds is 6. The molecule has 0 saturated heterocycles. The van der Waals surface area contributed by atoms with Gasteiger partial charge in [0, 0.05) is 10.9 Å². The Morgan fingerprint density at radius 1 is 1.29 bits per heavy atom. The van der Waals surface area contributed by atoms with Gasteiger partial charge in [-0.25, -0.2) is 4.39 Å². The Bertz CT molecular complexity index is 349. The van der Waals surface area contributed by atoms with Gasteiger partial charge in [0.15, 0.2) is 0 Å². The predicted octanol–water partition coefficient (Wildman–Crippen LogP) is 3.22. The van der Waals surface area contributed by atoms with Gasteiger partial charge < -0.3 is 5.32 Å². The molecule has 0 aliphatic carbocycles. The number of carbonyl (C=O) groups excluding carboxylic acids is 1. The Hall–Kier alpha value is -1.03. The molecule has 0 radical (unpaired) electrons. The van der Waals surface area contributed by atoms with Gasteiger partial charge in [-0.15, -0.1) is 11.8 Å². The van der Waals surface area contributed by atoms with Crippen molar-refractivity contribution in [1.29, 1.82) is 0 Å². The number of hydrogen-bond donors (Lipinski definition) is 1. The Morgan fingerprint density at radius 3 is 2.41 bits per heavy atom. The van der Waals surface area contributed by atoms with Crippen LogP contribution in [0.5, 0.6) is 0 Å². The van der Waals surface area contributed by atoms with Crippen LogP contribution in [0.25, 0.3) is 0 Å². The monoisotopic (exact) mass is 255 g/mol. The lowest BCUT2D eigenvalue weighted by atomic mass is 10.2. The summed E-state index contributed by atoms with van der Waals surface area (Å²) in [5.41, 5.74) is 0. The number of amides is 1. The van der Waals surface area contributed by atoms with Crippen molar-refractivity contribution in [3.8, 4) is 0 Å². The summed E-state index contributed by atoms with van der Waals surface area (Å²) in [6.07, 6.45) is 1.90. The molecule has 94 valence electrons. The molecule has 0 bridgehead atoms. The molecule has 0 fully saturated rings. The van der Waals surface area contributed by atoms with Crippen molar-refractivity contribution in [2.45, 2.75) is 37.6 Å². The highest BCUT2D eigenvalue weighted by molar-refractivity contribution is 8.00. The molecule has 0 heterocycles. The van der Waals surface area contributed by atoms with E-state index in [9.17, 15) is 9.18 Å². The molecule has 0 aliphatic heterocycles. The van der Waals surface area contributed by atoms with Crippen molar-refractivity contribution < 1.29 is 9.18 Å². The normalized spacial score (nSPS) is 10.6. The molecule has 17 heavy (non-hydrogen) atoms. The SMILES string of the molecule is CCC(CC)NC(=O)CSc1ccc(F)cc1. The molecule has 1 N–H and O–H groups in total. The third-order valence-corrected chi connectivity index (χ3v) is 3.55. The Labute approximate surface area is 106 Å². The highest BCUT2D eigenvalue weighted by Gasteiger charge is 2.08. The molecular formula is C13H18FNOS. The van der Waals surface area contributed by atoms with E-state index >= 15 is 0 Å². The van der Waals surface area contributed by atoms with Crippen molar-refractivity contribution in [2.75, 3.05) is 5.75 Å². The van der Waals surface area contributed by atoms with Crippen LogP contribution in [0.4, 0.5) is 4.39 Å². The number of hydrogen-bond acceptors (Lipinski definition) is 2. The second-order valence-corrected chi connectivity index (χ2v) is 4.87. The van der Waals surface area contributed by atoms with E-state index in [-0.39, 0.29) is 17.8 Å². The van der Waals surface area contributed by atoms with E-state index in [4.69, 9.17) is 0 Å². The lowest BCUT2D eigenvalue weighted by Gasteiger charge is -2.14. The first-order valence-corrected chi connectivity index (χ1v) is 6.82. The number of carbonyl (C=O) groups is 1. The highest BCUT2D eigenvalue weighted by Crippen LogP contribution is 2.17. The summed E-state index contributed by atoms with van der Waals surface area (Å²) in [6, 6.07) is 6.44. The molecule has 0 unspecified atom stereocenters. The number of thioether (sulfide) groups is 1. The maximum Gasteiger partial charge on any atom is 0.230 e. The fourth-order valence-corrected chi connectivity index (χ4v) is 2.15. The minimum absolute atomic E-state index is 0.0352. The molecule has 0 aromatic heterocycles. The minimum Gasteiger partial charge on any atom is -0.353 e. The van der Waals surface area contributed by atoms with Crippen LogP contribution in [0.2, 0.25) is 0 Å². The fourth-order valence-electron chi connectivity index (χ4n) is 1.44. The lowest BCUT2D eigenvalue weighted by molar-refractivity contribution is -0.119. The third-order valence-electron chi connectivity index (χ3n) is 2.53. The topological polar surface area (TPSA) is 29.1 Å². The summed E-state index contributed by atoms with van der Waals surface area (Å²) < 4.78 is 12.7. The maximum absolute atomic E-state index is 12.7. The van der Waals surface area contributed by atoms with Gasteiger partial charge in [0.25, 0.3) is 0 Å². The quantitative estimate of drug-likeness (QED) is 0.791. The zero-order chi connectivity index (χ0) is 12.7. The molecule has 0 atom stereocenters. The van der Waals surface area contributed by atoms with Crippen LogP contribution in [-0.2, 0) is 4.79 Å². The van der Waals surface area contributed by atoms with Gasteiger partial charge in [-0.2, -0.15) is 0 Å². The van der Waals surface area contributed by atoms with Crippen LogP contribution < -0.4 is 5.32 Å². The summed E-state index contributed by atoms with van der Waals surface area (Å²) in [4.78, 5) is 12.5. The van der Waals surface area contributed by atoms with Gasteiger partial charge in [-0.1, -0.05) is 13.8 Å². The molecule has 4 heteroatoms. The Kier molecular flexibility index (Phi) is 6.05. The molecular weight excluding hydrogens is 237 g/mol. The van der Waals surface area contributed by atoms with E-state index in [2.05, 4.69) is 19.2 Å². The fraction of sp³-hybridized carbons (Fsp3) is 0.462. The zero-order valence-electron chi connectivity index (χ0n) is 10.2. The zero-order valence-corrected chi connectivity index (χ0v) is 11.0. The summed E-state index contributed by atoms with van der Waals surface area (Å²) >= 11 is 1.42. The second-order valence-electron chi connectivity index (χ2n) is 3.82. The van der Waals surface area contributed by atoms with E-state index in [1.54, 1.807) is 12.1 Å². The molecule has 1 rings (SSSR count). The van der Waals surface area contributed by atoms with Crippen LogP contribution in [0, 0.1) is 5.82 Å². The van der Waals surface area contributed by atoms with Crippen molar-refractivity contribution in [3.05, 3.63) is 30.1 Å². The van der Waals surface area contributed by atoms with Crippen LogP contribution in [0.3, 0.4) is 0 Å². The van der Waals surface area contributed by atoms with E-state index in [0.29, 0.717) is 5.75 Å². The summed E-state index contributed by atoms with van der Waals surface area (Å²) in [5.74, 6) is 0.158. The summed E-state index contributed by atoms with van der Waals surface area (Å²) in [5, 5.41) is 2.96. The van der Waals surface area contributed by atoms with Crippen LogP contribution in [-0.4, -0.2) is 17.7 Å². The number of benzene rings is 1. The van der Waals surface area contributed by atoms with E-state index < -0.39 is 0 Å². The Balaban J connectivity index is 2.35. The molecule has 1 aromatic carbocycles. The summed E-state index contributed by atoms with van der Waals surface area (Å²) in [6.45, 7) is 4.11. The number of halogens is 1. The average molecular weight is 255 g/mol. The average Bonchev–Trinajstić information content (AvgIpc) is 2.35. The van der Waals surface area contributed by atoms with Crippen LogP contribution in [0.1, 0.15) is 26.7 Å². The van der Waals surface area contributed by atoms with E-state index in [1.807, 2.05) is 0 Å². The van der Waals surface area contributed by atoms with Crippen molar-refractivity contribution in [2.24, 2.45) is 0 Å². The van der Waals surface area contributed by atoms with Gasteiger partial charge in [-0.05, 0) is 37.1 Å². The van der Waals surface area contributed by atoms with Gasteiger partial charge >= 0.3 is 0 Å². The smallest absolute Gasteiger partial charge is 0.230 e.